The molecule has 1 heterocycles. The summed E-state index contributed by atoms with van der Waals surface area (Å²) in [6.07, 6.45) is 1.92. The smallest absolute Gasteiger partial charge is 0.253 e. The van der Waals surface area contributed by atoms with E-state index in [0.717, 1.165) is 48.0 Å². The van der Waals surface area contributed by atoms with E-state index in [4.69, 9.17) is 17.3 Å². The third-order valence-corrected chi connectivity index (χ3v) is 6.07. The zero-order valence-electron chi connectivity index (χ0n) is 16.6. The minimum Gasteiger partial charge on any atom is -0.371 e. The van der Waals surface area contributed by atoms with Crippen molar-refractivity contribution in [3.05, 3.63) is 76.8 Å². The molecule has 3 N–H and O–H groups in total. The lowest BCUT2D eigenvalue weighted by atomic mass is 9.99. The Balaban J connectivity index is 1.55. The minimum atomic E-state index is -0.161. The molecule has 4 rings (SSSR count). The molecule has 1 aliphatic heterocycles. The van der Waals surface area contributed by atoms with Gasteiger partial charge in [0, 0.05) is 24.8 Å². The van der Waals surface area contributed by atoms with Crippen molar-refractivity contribution < 1.29 is 4.79 Å². The Morgan fingerprint density at radius 1 is 1.10 bits per heavy atom. The zero-order chi connectivity index (χ0) is 20.4. The summed E-state index contributed by atoms with van der Waals surface area (Å²) in [5.74, 6) is -0.161. The molecule has 0 unspecified atom stereocenters. The van der Waals surface area contributed by atoms with Crippen LogP contribution in [0.4, 0.5) is 5.69 Å². The Morgan fingerprint density at radius 2 is 1.83 bits per heavy atom. The first-order valence-corrected chi connectivity index (χ1v) is 10.5. The van der Waals surface area contributed by atoms with E-state index in [9.17, 15) is 4.79 Å². The molecule has 29 heavy (non-hydrogen) atoms. The van der Waals surface area contributed by atoms with Gasteiger partial charge in [-0.3, -0.25) is 4.79 Å². The molecule has 4 nitrogen and oxygen atoms in total. The number of halogens is 1. The van der Waals surface area contributed by atoms with Gasteiger partial charge in [-0.2, -0.15) is 0 Å². The predicted octanol–water partition coefficient (Wildman–Crippen LogP) is 4.91. The van der Waals surface area contributed by atoms with E-state index >= 15 is 0 Å². The van der Waals surface area contributed by atoms with Crippen LogP contribution in [0.2, 0.25) is 5.02 Å². The summed E-state index contributed by atoms with van der Waals surface area (Å²) in [5.41, 5.74) is 8.63. The van der Waals surface area contributed by atoms with Crippen molar-refractivity contribution in [3.8, 4) is 0 Å². The first kappa shape index (κ1) is 19.7. The molecule has 0 bridgehead atoms. The number of piperidine rings is 1. The van der Waals surface area contributed by atoms with E-state index in [0.29, 0.717) is 10.6 Å². The molecule has 5 heteroatoms. The number of anilines is 1. The zero-order valence-corrected chi connectivity index (χ0v) is 17.3. The molecule has 1 aliphatic rings. The number of carbonyl (C=O) groups is 1. The first-order chi connectivity index (χ1) is 14.0. The molecule has 1 saturated heterocycles. The second kappa shape index (κ2) is 8.44. The van der Waals surface area contributed by atoms with Gasteiger partial charge in [0.1, 0.15) is 0 Å². The molecular weight excluding hydrogens is 382 g/mol. The molecule has 0 aliphatic carbocycles. The lowest BCUT2D eigenvalue weighted by Gasteiger charge is -2.32. The number of fused-ring (bicyclic) bond motifs is 1. The Hall–Kier alpha value is -2.56. The van der Waals surface area contributed by atoms with Crippen molar-refractivity contribution in [1.82, 2.24) is 5.32 Å². The Kier molecular flexibility index (Phi) is 5.74. The maximum atomic E-state index is 13.0. The predicted molar refractivity (Wildman–Crippen MR) is 121 cm³/mol. The first-order valence-electron chi connectivity index (χ1n) is 10.1. The molecule has 0 radical (unpaired) electrons. The third kappa shape index (κ3) is 4.24. The van der Waals surface area contributed by atoms with Crippen molar-refractivity contribution in [3.63, 3.8) is 0 Å². The number of nitrogens with two attached hydrogens (primary N) is 1. The largest absolute Gasteiger partial charge is 0.371 e. The molecule has 1 atom stereocenters. The maximum Gasteiger partial charge on any atom is 0.253 e. The maximum absolute atomic E-state index is 13.0. The van der Waals surface area contributed by atoms with Crippen LogP contribution in [0.25, 0.3) is 10.8 Å². The second-order valence-corrected chi connectivity index (χ2v) is 8.16. The van der Waals surface area contributed by atoms with E-state index in [1.165, 1.54) is 0 Å². The summed E-state index contributed by atoms with van der Waals surface area (Å²) in [6, 6.07) is 20.2. The summed E-state index contributed by atoms with van der Waals surface area (Å²) < 4.78 is 0. The summed E-state index contributed by atoms with van der Waals surface area (Å²) in [7, 11) is 0. The standard InChI is InChI=1S/C24H26ClN3O/c1-16(20-8-4-6-17-5-2-3-7-21(17)20)27-24(29)22-15-19(9-10-23(22)25)28-13-11-18(26)12-14-28/h2-10,15-16,18H,11-14,26H2,1H3,(H,27,29)/t16-/m1/s1. The fourth-order valence-corrected chi connectivity index (χ4v) is 4.23. The number of hydrogen-bond donors (Lipinski definition) is 2. The van der Waals surface area contributed by atoms with E-state index in [-0.39, 0.29) is 18.0 Å². The highest BCUT2D eigenvalue weighted by Crippen LogP contribution is 2.28. The Morgan fingerprint density at radius 3 is 2.62 bits per heavy atom. The van der Waals surface area contributed by atoms with Gasteiger partial charge in [-0.1, -0.05) is 54.1 Å². The highest BCUT2D eigenvalue weighted by molar-refractivity contribution is 6.34. The lowest BCUT2D eigenvalue weighted by molar-refractivity contribution is 0.0940. The van der Waals surface area contributed by atoms with Gasteiger partial charge >= 0.3 is 0 Å². The van der Waals surface area contributed by atoms with Crippen molar-refractivity contribution in [2.24, 2.45) is 5.73 Å². The van der Waals surface area contributed by atoms with Crippen LogP contribution in [-0.4, -0.2) is 25.0 Å². The molecule has 1 fully saturated rings. The normalized spacial score (nSPS) is 16.0. The van der Waals surface area contributed by atoms with Crippen LogP contribution < -0.4 is 16.0 Å². The third-order valence-electron chi connectivity index (χ3n) is 5.74. The van der Waals surface area contributed by atoms with E-state index in [1.807, 2.05) is 43.3 Å². The molecule has 0 saturated carbocycles. The minimum absolute atomic E-state index is 0.138. The molecule has 1 amide bonds. The second-order valence-electron chi connectivity index (χ2n) is 7.75. The quantitative estimate of drug-likeness (QED) is 0.645. The van der Waals surface area contributed by atoms with Crippen LogP contribution >= 0.6 is 11.6 Å². The fourth-order valence-electron chi connectivity index (χ4n) is 4.02. The van der Waals surface area contributed by atoms with Gasteiger partial charge in [0.15, 0.2) is 0 Å². The summed E-state index contributed by atoms with van der Waals surface area (Å²) in [4.78, 5) is 15.3. The summed E-state index contributed by atoms with van der Waals surface area (Å²) >= 11 is 6.38. The van der Waals surface area contributed by atoms with Gasteiger partial charge in [0.05, 0.1) is 16.6 Å². The molecule has 3 aromatic carbocycles. The summed E-state index contributed by atoms with van der Waals surface area (Å²) in [5, 5.41) is 5.89. The number of carbonyl (C=O) groups excluding carboxylic acids is 1. The monoisotopic (exact) mass is 407 g/mol. The SMILES string of the molecule is C[C@@H](NC(=O)c1cc(N2CCC(N)CC2)ccc1Cl)c1cccc2ccccc12. The van der Waals surface area contributed by atoms with Gasteiger partial charge < -0.3 is 16.0 Å². The Labute approximate surface area is 176 Å². The highest BCUT2D eigenvalue weighted by atomic mass is 35.5. The number of nitrogens with zero attached hydrogens (tertiary/aromatic N) is 1. The van der Waals surface area contributed by atoms with Gasteiger partial charge in [-0.25, -0.2) is 0 Å². The van der Waals surface area contributed by atoms with Crippen LogP contribution in [0.5, 0.6) is 0 Å². The molecule has 150 valence electrons. The number of hydrogen-bond acceptors (Lipinski definition) is 3. The molecule has 3 aromatic rings. The average molecular weight is 408 g/mol. The van der Waals surface area contributed by atoms with E-state index in [2.05, 4.69) is 34.5 Å². The number of nitrogens with one attached hydrogen (secondary N) is 1. The van der Waals surface area contributed by atoms with Crippen LogP contribution in [-0.2, 0) is 0 Å². The van der Waals surface area contributed by atoms with Gasteiger partial charge in [0.25, 0.3) is 5.91 Å². The van der Waals surface area contributed by atoms with Crippen molar-refractivity contribution in [2.75, 3.05) is 18.0 Å². The average Bonchev–Trinajstić information content (AvgIpc) is 2.74. The van der Waals surface area contributed by atoms with Crippen LogP contribution in [0.15, 0.2) is 60.7 Å². The van der Waals surface area contributed by atoms with E-state index in [1.54, 1.807) is 0 Å². The van der Waals surface area contributed by atoms with Gasteiger partial charge in [-0.15, -0.1) is 0 Å². The number of amides is 1. The van der Waals surface area contributed by atoms with Crippen molar-refractivity contribution in [1.29, 1.82) is 0 Å². The van der Waals surface area contributed by atoms with Crippen LogP contribution in [0.3, 0.4) is 0 Å². The molecule has 0 aromatic heterocycles. The van der Waals surface area contributed by atoms with Gasteiger partial charge in [-0.05, 0) is 54.3 Å². The highest BCUT2D eigenvalue weighted by Gasteiger charge is 2.20. The molecule has 0 spiro atoms. The van der Waals surface area contributed by atoms with Crippen molar-refractivity contribution >= 4 is 34.0 Å². The lowest BCUT2D eigenvalue weighted by Crippen LogP contribution is -2.39. The van der Waals surface area contributed by atoms with Gasteiger partial charge in [0.2, 0.25) is 0 Å². The number of rotatable bonds is 4. The number of benzene rings is 3. The fraction of sp³-hybridized carbons (Fsp3) is 0.292. The molecular formula is C24H26ClN3O. The van der Waals surface area contributed by atoms with E-state index < -0.39 is 0 Å². The van der Waals surface area contributed by atoms with Crippen molar-refractivity contribution in [2.45, 2.75) is 31.8 Å². The van der Waals surface area contributed by atoms with Crippen LogP contribution in [0.1, 0.15) is 41.7 Å². The van der Waals surface area contributed by atoms with Crippen LogP contribution in [0, 0.1) is 0 Å². The summed E-state index contributed by atoms with van der Waals surface area (Å²) in [6.45, 7) is 3.80. The Bertz CT molecular complexity index is 1020. The topological polar surface area (TPSA) is 58.4 Å².